The lowest BCUT2D eigenvalue weighted by molar-refractivity contribution is -0.180. The molecule has 0 saturated carbocycles. The van der Waals surface area contributed by atoms with Crippen LogP contribution in [0.15, 0.2) is 60.7 Å². The summed E-state index contributed by atoms with van der Waals surface area (Å²) in [7, 11) is 0. The van der Waals surface area contributed by atoms with Crippen LogP contribution < -0.4 is 0 Å². The molecule has 0 radical (unpaired) electrons. The number of carbonyl (C=O) groups excluding carboxylic acids is 1. The van der Waals surface area contributed by atoms with Crippen molar-refractivity contribution in [2.75, 3.05) is 0 Å². The normalized spacial score (nSPS) is 10.3. The molecule has 0 aromatic heterocycles. The maximum absolute atomic E-state index is 10.5. The summed E-state index contributed by atoms with van der Waals surface area (Å²) >= 11 is 0. The molecule has 0 saturated heterocycles. The lowest BCUT2D eigenvalue weighted by Gasteiger charge is -2.18. The SMILES string of the molecule is O=CON(Cc1ccccc1)Cc1ccccc1. The standard InChI is InChI=1S/C15H15NO2/c17-13-18-16(11-14-7-3-1-4-8-14)12-15-9-5-2-6-10-15/h1-10,13H,11-12H2. The Hall–Kier alpha value is -2.13. The summed E-state index contributed by atoms with van der Waals surface area (Å²) in [5.41, 5.74) is 2.21. The van der Waals surface area contributed by atoms with Crippen LogP contribution in [0.4, 0.5) is 0 Å². The van der Waals surface area contributed by atoms with Gasteiger partial charge in [0.05, 0.1) is 13.1 Å². The van der Waals surface area contributed by atoms with Gasteiger partial charge in [0.1, 0.15) is 0 Å². The number of nitrogens with zero attached hydrogens (tertiary/aromatic N) is 1. The van der Waals surface area contributed by atoms with Gasteiger partial charge in [0.15, 0.2) is 0 Å². The van der Waals surface area contributed by atoms with Crippen molar-refractivity contribution < 1.29 is 9.63 Å². The molecule has 0 aliphatic carbocycles. The molecule has 3 heteroatoms. The van der Waals surface area contributed by atoms with Gasteiger partial charge < -0.3 is 4.84 Å². The summed E-state index contributed by atoms with van der Waals surface area (Å²) in [6.45, 7) is 1.62. The van der Waals surface area contributed by atoms with Gasteiger partial charge in [-0.1, -0.05) is 60.7 Å². The molecule has 3 nitrogen and oxygen atoms in total. The fourth-order valence-corrected chi connectivity index (χ4v) is 1.77. The van der Waals surface area contributed by atoms with Crippen molar-refractivity contribution in [2.45, 2.75) is 13.1 Å². The van der Waals surface area contributed by atoms with Crippen molar-refractivity contribution in [1.29, 1.82) is 0 Å². The highest BCUT2D eigenvalue weighted by molar-refractivity contribution is 5.36. The zero-order valence-corrected chi connectivity index (χ0v) is 10.0. The Morgan fingerprint density at radius 3 is 1.67 bits per heavy atom. The number of hydrogen-bond donors (Lipinski definition) is 0. The zero-order chi connectivity index (χ0) is 12.6. The van der Waals surface area contributed by atoms with E-state index in [0.29, 0.717) is 19.6 Å². The molecule has 0 N–H and O–H groups in total. The Bertz CT molecular complexity index is 429. The highest BCUT2D eigenvalue weighted by atomic mass is 16.7. The first-order valence-corrected chi connectivity index (χ1v) is 5.81. The van der Waals surface area contributed by atoms with E-state index in [1.54, 1.807) is 5.06 Å². The number of hydroxylamine groups is 2. The molecule has 0 aliphatic rings. The Morgan fingerprint density at radius 1 is 0.833 bits per heavy atom. The molecule has 92 valence electrons. The van der Waals surface area contributed by atoms with Crippen LogP contribution in [0.3, 0.4) is 0 Å². The quantitative estimate of drug-likeness (QED) is 0.575. The highest BCUT2D eigenvalue weighted by Gasteiger charge is 2.07. The first-order chi connectivity index (χ1) is 8.88. The van der Waals surface area contributed by atoms with Crippen molar-refractivity contribution in [2.24, 2.45) is 0 Å². The summed E-state index contributed by atoms with van der Waals surface area (Å²) in [6.07, 6.45) is 0. The minimum atomic E-state index is 0.464. The van der Waals surface area contributed by atoms with E-state index in [-0.39, 0.29) is 0 Å². The predicted octanol–water partition coefficient (Wildman–Crippen LogP) is 2.78. The van der Waals surface area contributed by atoms with E-state index in [1.165, 1.54) is 0 Å². The molecule has 0 aliphatic heterocycles. The summed E-state index contributed by atoms with van der Waals surface area (Å²) in [5, 5.41) is 1.64. The lowest BCUT2D eigenvalue weighted by Crippen LogP contribution is -2.22. The van der Waals surface area contributed by atoms with Gasteiger partial charge in [0.2, 0.25) is 0 Å². The Kier molecular flexibility index (Phi) is 4.50. The van der Waals surface area contributed by atoms with E-state index >= 15 is 0 Å². The van der Waals surface area contributed by atoms with Crippen LogP contribution in [0, 0.1) is 0 Å². The maximum atomic E-state index is 10.5. The predicted molar refractivity (Wildman–Crippen MR) is 69.3 cm³/mol. The second-order valence-electron chi connectivity index (χ2n) is 3.97. The molecule has 0 fully saturated rings. The average molecular weight is 241 g/mol. The number of benzene rings is 2. The van der Waals surface area contributed by atoms with Gasteiger partial charge in [0.25, 0.3) is 0 Å². The first-order valence-electron chi connectivity index (χ1n) is 5.81. The van der Waals surface area contributed by atoms with Crippen LogP contribution >= 0.6 is 0 Å². The fraction of sp³-hybridized carbons (Fsp3) is 0.133. The molecule has 2 aromatic rings. The molecule has 0 atom stereocenters. The third-order valence-electron chi connectivity index (χ3n) is 2.60. The summed E-state index contributed by atoms with van der Waals surface area (Å²) in [6, 6.07) is 19.8. The Labute approximate surface area is 107 Å². The van der Waals surface area contributed by atoms with E-state index in [1.807, 2.05) is 60.7 Å². The third kappa shape index (κ3) is 3.71. The van der Waals surface area contributed by atoms with Gasteiger partial charge in [0, 0.05) is 0 Å². The summed E-state index contributed by atoms with van der Waals surface area (Å²) in [4.78, 5) is 15.5. The van der Waals surface area contributed by atoms with Crippen LogP contribution in [-0.2, 0) is 22.7 Å². The summed E-state index contributed by atoms with van der Waals surface area (Å²) < 4.78 is 0. The van der Waals surface area contributed by atoms with Crippen molar-refractivity contribution >= 4 is 6.47 Å². The number of hydrogen-bond acceptors (Lipinski definition) is 3. The molecule has 0 amide bonds. The van der Waals surface area contributed by atoms with Crippen LogP contribution in [0.2, 0.25) is 0 Å². The maximum Gasteiger partial charge on any atom is 0.313 e. The number of carbonyl (C=O) groups is 1. The van der Waals surface area contributed by atoms with Crippen molar-refractivity contribution in [1.82, 2.24) is 5.06 Å². The van der Waals surface area contributed by atoms with Crippen molar-refractivity contribution in [3.63, 3.8) is 0 Å². The lowest BCUT2D eigenvalue weighted by atomic mass is 10.2. The minimum Gasteiger partial charge on any atom is -0.370 e. The van der Waals surface area contributed by atoms with Crippen LogP contribution in [0.25, 0.3) is 0 Å². The molecule has 18 heavy (non-hydrogen) atoms. The van der Waals surface area contributed by atoms with Crippen LogP contribution in [0.1, 0.15) is 11.1 Å². The highest BCUT2D eigenvalue weighted by Crippen LogP contribution is 2.09. The van der Waals surface area contributed by atoms with E-state index in [2.05, 4.69) is 0 Å². The van der Waals surface area contributed by atoms with Gasteiger partial charge in [-0.3, -0.25) is 4.79 Å². The summed E-state index contributed by atoms with van der Waals surface area (Å²) in [5.74, 6) is 0. The van der Waals surface area contributed by atoms with Gasteiger partial charge in [-0.15, -0.1) is 5.06 Å². The second-order valence-corrected chi connectivity index (χ2v) is 3.97. The molecule has 0 unspecified atom stereocenters. The first kappa shape index (κ1) is 12.3. The largest absolute Gasteiger partial charge is 0.370 e. The fourth-order valence-electron chi connectivity index (χ4n) is 1.77. The third-order valence-corrected chi connectivity index (χ3v) is 2.60. The van der Waals surface area contributed by atoms with Crippen LogP contribution in [-0.4, -0.2) is 11.5 Å². The van der Waals surface area contributed by atoms with Gasteiger partial charge >= 0.3 is 6.47 Å². The second kappa shape index (κ2) is 6.57. The van der Waals surface area contributed by atoms with Gasteiger partial charge in [-0.05, 0) is 11.1 Å². The average Bonchev–Trinajstić information content (AvgIpc) is 2.41. The van der Waals surface area contributed by atoms with E-state index in [0.717, 1.165) is 11.1 Å². The number of rotatable bonds is 6. The van der Waals surface area contributed by atoms with Crippen molar-refractivity contribution in [3.05, 3.63) is 71.8 Å². The smallest absolute Gasteiger partial charge is 0.313 e. The van der Waals surface area contributed by atoms with Crippen LogP contribution in [0.5, 0.6) is 0 Å². The molecular weight excluding hydrogens is 226 g/mol. The zero-order valence-electron chi connectivity index (χ0n) is 10.0. The molecule has 0 heterocycles. The minimum absolute atomic E-state index is 0.464. The van der Waals surface area contributed by atoms with E-state index in [9.17, 15) is 4.79 Å². The molecule has 0 spiro atoms. The monoisotopic (exact) mass is 241 g/mol. The van der Waals surface area contributed by atoms with Gasteiger partial charge in [-0.25, -0.2) is 0 Å². The molecule has 0 bridgehead atoms. The molecular formula is C15H15NO2. The van der Waals surface area contributed by atoms with Crippen molar-refractivity contribution in [3.8, 4) is 0 Å². The van der Waals surface area contributed by atoms with E-state index in [4.69, 9.17) is 4.84 Å². The topological polar surface area (TPSA) is 29.5 Å². The Balaban J connectivity index is 2.02. The van der Waals surface area contributed by atoms with E-state index < -0.39 is 0 Å². The molecule has 2 aromatic carbocycles. The Morgan fingerprint density at radius 2 is 1.28 bits per heavy atom. The van der Waals surface area contributed by atoms with Gasteiger partial charge in [-0.2, -0.15) is 0 Å². The molecule has 2 rings (SSSR count).